The normalized spacial score (nSPS) is 14.4. The lowest BCUT2D eigenvalue weighted by molar-refractivity contribution is -0.150. The topological polar surface area (TPSA) is 61.5 Å². The molecule has 0 fully saturated rings. The minimum absolute atomic E-state index is 0.0307. The Bertz CT molecular complexity index is 630. The summed E-state index contributed by atoms with van der Waals surface area (Å²) in [6, 6.07) is 19.9. The van der Waals surface area contributed by atoms with Gasteiger partial charge in [0, 0.05) is 5.92 Å². The number of rotatable bonds is 9. The predicted molar refractivity (Wildman–Crippen MR) is 99.4 cm³/mol. The maximum atomic E-state index is 11.7. The van der Waals surface area contributed by atoms with E-state index in [1.54, 1.807) is 0 Å². The van der Waals surface area contributed by atoms with Crippen LogP contribution in [0.2, 0.25) is 0 Å². The molecular formula is C21H27NO3. The van der Waals surface area contributed by atoms with Crippen molar-refractivity contribution in [3.8, 4) is 5.75 Å². The average Bonchev–Trinajstić information content (AvgIpc) is 2.66. The fraction of sp³-hybridized carbons (Fsp3) is 0.381. The number of hydrogen-bond acceptors (Lipinski definition) is 4. The van der Waals surface area contributed by atoms with Gasteiger partial charge in [-0.15, -0.1) is 0 Å². The molecule has 3 atom stereocenters. The first-order chi connectivity index (χ1) is 12.1. The Balaban J connectivity index is 2.19. The van der Waals surface area contributed by atoms with Crippen molar-refractivity contribution in [2.45, 2.75) is 38.9 Å². The molecule has 2 N–H and O–H groups in total. The molecule has 0 aliphatic carbocycles. The second-order valence-electron chi connectivity index (χ2n) is 6.13. The van der Waals surface area contributed by atoms with E-state index in [4.69, 9.17) is 15.2 Å². The van der Waals surface area contributed by atoms with E-state index in [0.717, 1.165) is 18.6 Å². The van der Waals surface area contributed by atoms with Crippen LogP contribution >= 0.6 is 0 Å². The van der Waals surface area contributed by atoms with Crippen molar-refractivity contribution in [3.63, 3.8) is 0 Å². The third-order valence-electron chi connectivity index (χ3n) is 4.31. The number of nitrogens with two attached hydrogens (primary N) is 1. The highest BCUT2D eigenvalue weighted by Gasteiger charge is 2.30. The first kappa shape index (κ1) is 19.0. The van der Waals surface area contributed by atoms with Crippen LogP contribution in [0.3, 0.4) is 0 Å². The lowest BCUT2D eigenvalue weighted by Crippen LogP contribution is -2.39. The molecule has 0 amide bonds. The molecule has 134 valence electrons. The van der Waals surface area contributed by atoms with Crippen molar-refractivity contribution in [2.24, 2.45) is 11.7 Å². The summed E-state index contributed by atoms with van der Waals surface area (Å²) in [6.45, 7) is 3.89. The van der Waals surface area contributed by atoms with Gasteiger partial charge in [0.05, 0.1) is 6.54 Å². The summed E-state index contributed by atoms with van der Waals surface area (Å²) in [5, 5.41) is 0. The molecule has 0 radical (unpaired) electrons. The standard InChI is InChI=1S/C21H27NO3/c1-3-20(25-18-12-8-5-9-13-18)19(16(2)24-21(23)15-22)14-17-10-6-4-7-11-17/h4-13,16,19-20H,3,14-15,22H2,1-2H3/t16-,19-,20+/m0/s1. The van der Waals surface area contributed by atoms with Gasteiger partial charge < -0.3 is 15.2 Å². The predicted octanol–water partition coefficient (Wildman–Crippen LogP) is 3.59. The van der Waals surface area contributed by atoms with Crippen LogP contribution in [0.5, 0.6) is 5.75 Å². The largest absolute Gasteiger partial charge is 0.490 e. The molecule has 0 bridgehead atoms. The van der Waals surface area contributed by atoms with Crippen LogP contribution in [0.25, 0.3) is 0 Å². The minimum Gasteiger partial charge on any atom is -0.490 e. The summed E-state index contributed by atoms with van der Waals surface area (Å²) in [4.78, 5) is 11.7. The Hall–Kier alpha value is -2.33. The highest BCUT2D eigenvalue weighted by atomic mass is 16.5. The van der Waals surface area contributed by atoms with Gasteiger partial charge in [0.15, 0.2) is 0 Å². The van der Waals surface area contributed by atoms with E-state index in [2.05, 4.69) is 19.1 Å². The molecule has 0 saturated carbocycles. The van der Waals surface area contributed by atoms with E-state index in [1.807, 2.05) is 55.5 Å². The smallest absolute Gasteiger partial charge is 0.319 e. The van der Waals surface area contributed by atoms with Crippen LogP contribution in [0.15, 0.2) is 60.7 Å². The summed E-state index contributed by atoms with van der Waals surface area (Å²) in [6.07, 6.45) is 1.23. The van der Waals surface area contributed by atoms with Crippen LogP contribution in [0, 0.1) is 5.92 Å². The van der Waals surface area contributed by atoms with Crippen LogP contribution in [0.1, 0.15) is 25.8 Å². The zero-order chi connectivity index (χ0) is 18.1. The van der Waals surface area contributed by atoms with E-state index < -0.39 is 0 Å². The third-order valence-corrected chi connectivity index (χ3v) is 4.31. The molecule has 4 nitrogen and oxygen atoms in total. The maximum absolute atomic E-state index is 11.7. The van der Waals surface area contributed by atoms with Gasteiger partial charge in [-0.1, -0.05) is 55.5 Å². The van der Waals surface area contributed by atoms with Gasteiger partial charge in [-0.05, 0) is 37.5 Å². The summed E-state index contributed by atoms with van der Waals surface area (Å²) in [5.74, 6) is 0.466. The van der Waals surface area contributed by atoms with E-state index in [0.29, 0.717) is 0 Å². The molecule has 0 aromatic heterocycles. The lowest BCUT2D eigenvalue weighted by Gasteiger charge is -2.31. The Morgan fingerprint density at radius 2 is 1.64 bits per heavy atom. The highest BCUT2D eigenvalue weighted by Crippen LogP contribution is 2.25. The van der Waals surface area contributed by atoms with Gasteiger partial charge in [0.1, 0.15) is 18.0 Å². The van der Waals surface area contributed by atoms with Gasteiger partial charge in [-0.25, -0.2) is 0 Å². The molecule has 2 rings (SSSR count). The Morgan fingerprint density at radius 3 is 2.20 bits per heavy atom. The molecule has 0 aliphatic heterocycles. The molecule has 0 spiro atoms. The van der Waals surface area contributed by atoms with Gasteiger partial charge >= 0.3 is 5.97 Å². The highest BCUT2D eigenvalue weighted by molar-refractivity contribution is 5.71. The maximum Gasteiger partial charge on any atom is 0.319 e. The lowest BCUT2D eigenvalue weighted by atomic mass is 9.88. The van der Waals surface area contributed by atoms with Crippen molar-refractivity contribution in [1.29, 1.82) is 0 Å². The summed E-state index contributed by atoms with van der Waals surface area (Å²) < 4.78 is 11.7. The van der Waals surface area contributed by atoms with E-state index >= 15 is 0 Å². The molecular weight excluding hydrogens is 314 g/mol. The first-order valence-corrected chi connectivity index (χ1v) is 8.79. The fourth-order valence-corrected chi connectivity index (χ4v) is 2.98. The second-order valence-corrected chi connectivity index (χ2v) is 6.13. The summed E-state index contributed by atoms with van der Waals surface area (Å²) in [5.41, 5.74) is 6.59. The number of hydrogen-bond donors (Lipinski definition) is 1. The van der Waals surface area contributed by atoms with Crippen molar-refractivity contribution in [3.05, 3.63) is 66.2 Å². The Labute approximate surface area is 150 Å². The third kappa shape index (κ3) is 5.91. The fourth-order valence-electron chi connectivity index (χ4n) is 2.98. The van der Waals surface area contributed by atoms with Gasteiger partial charge in [-0.3, -0.25) is 4.79 Å². The van der Waals surface area contributed by atoms with Crippen LogP contribution < -0.4 is 10.5 Å². The quantitative estimate of drug-likeness (QED) is 0.708. The second kappa shape index (κ2) is 9.84. The monoisotopic (exact) mass is 341 g/mol. The number of carbonyl (C=O) groups is 1. The van der Waals surface area contributed by atoms with Crippen molar-refractivity contribution in [2.75, 3.05) is 6.54 Å². The van der Waals surface area contributed by atoms with Crippen LogP contribution in [-0.4, -0.2) is 24.7 Å². The molecule has 4 heteroatoms. The Kier molecular flexibility index (Phi) is 7.48. The average molecular weight is 341 g/mol. The molecule has 0 saturated heterocycles. The van der Waals surface area contributed by atoms with E-state index in [-0.39, 0.29) is 30.6 Å². The van der Waals surface area contributed by atoms with Gasteiger partial charge in [0.2, 0.25) is 0 Å². The molecule has 2 aromatic rings. The Morgan fingerprint density at radius 1 is 1.04 bits per heavy atom. The van der Waals surface area contributed by atoms with E-state index in [9.17, 15) is 4.79 Å². The zero-order valence-corrected chi connectivity index (χ0v) is 14.9. The summed E-state index contributed by atoms with van der Waals surface area (Å²) in [7, 11) is 0. The minimum atomic E-state index is -0.389. The molecule has 25 heavy (non-hydrogen) atoms. The van der Waals surface area contributed by atoms with Crippen molar-refractivity contribution in [1.82, 2.24) is 0 Å². The van der Waals surface area contributed by atoms with Crippen molar-refractivity contribution >= 4 is 5.97 Å². The van der Waals surface area contributed by atoms with Crippen LogP contribution in [0.4, 0.5) is 0 Å². The first-order valence-electron chi connectivity index (χ1n) is 8.79. The SMILES string of the molecule is CC[C@@H](Oc1ccccc1)[C@@H](Cc1ccccc1)[C@H](C)OC(=O)CN. The van der Waals surface area contributed by atoms with E-state index in [1.165, 1.54) is 5.56 Å². The zero-order valence-electron chi connectivity index (χ0n) is 14.9. The van der Waals surface area contributed by atoms with Gasteiger partial charge in [0.25, 0.3) is 0 Å². The van der Waals surface area contributed by atoms with Gasteiger partial charge in [-0.2, -0.15) is 0 Å². The molecule has 2 aromatic carbocycles. The summed E-state index contributed by atoms with van der Waals surface area (Å²) >= 11 is 0. The number of esters is 1. The number of carbonyl (C=O) groups excluding carboxylic acids is 1. The molecule has 0 heterocycles. The van der Waals surface area contributed by atoms with Crippen LogP contribution in [-0.2, 0) is 16.0 Å². The molecule has 0 unspecified atom stereocenters. The molecule has 0 aliphatic rings. The van der Waals surface area contributed by atoms with Crippen molar-refractivity contribution < 1.29 is 14.3 Å². The number of benzene rings is 2. The number of para-hydroxylation sites is 1. The number of ether oxygens (including phenoxy) is 2.